The zero-order valence-corrected chi connectivity index (χ0v) is 14.6. The average molecular weight is 341 g/mol. The summed E-state index contributed by atoms with van der Waals surface area (Å²) in [6, 6.07) is 9.15. The monoisotopic (exact) mass is 341 g/mol. The molecule has 1 amide bonds. The Morgan fingerprint density at radius 1 is 1.32 bits per heavy atom. The van der Waals surface area contributed by atoms with Crippen LogP contribution in [0.1, 0.15) is 43.1 Å². The topological polar surface area (TPSA) is 75.3 Å². The maximum atomic E-state index is 12.9. The van der Waals surface area contributed by atoms with Gasteiger partial charge in [-0.2, -0.15) is 4.98 Å². The number of aromatic amines is 1. The van der Waals surface area contributed by atoms with Crippen LogP contribution in [0.5, 0.6) is 5.75 Å². The first-order valence-electron chi connectivity index (χ1n) is 8.69. The van der Waals surface area contributed by atoms with Crippen molar-refractivity contribution in [2.75, 3.05) is 13.7 Å². The highest BCUT2D eigenvalue weighted by Crippen LogP contribution is 2.23. The number of H-pyrrole nitrogens is 1. The highest BCUT2D eigenvalue weighted by molar-refractivity contribution is 5.93. The lowest BCUT2D eigenvalue weighted by Gasteiger charge is -2.35. The normalized spacial score (nSPS) is 17.4. The molecule has 6 nitrogen and oxygen atoms in total. The third-order valence-corrected chi connectivity index (χ3v) is 4.72. The Hall–Kier alpha value is -2.63. The molecular weight excluding hydrogens is 318 g/mol. The summed E-state index contributed by atoms with van der Waals surface area (Å²) in [7, 11) is 1.60. The van der Waals surface area contributed by atoms with Crippen molar-refractivity contribution in [1.29, 1.82) is 0 Å². The fraction of sp³-hybridized carbons (Fsp3) is 0.421. The van der Waals surface area contributed by atoms with Crippen LogP contribution in [0, 0.1) is 0 Å². The quantitative estimate of drug-likeness (QED) is 0.928. The van der Waals surface area contributed by atoms with Crippen molar-refractivity contribution in [1.82, 2.24) is 14.9 Å². The fourth-order valence-electron chi connectivity index (χ4n) is 3.33. The zero-order chi connectivity index (χ0) is 17.8. The van der Waals surface area contributed by atoms with E-state index in [1.54, 1.807) is 25.3 Å². The predicted molar refractivity (Wildman–Crippen MR) is 95.8 cm³/mol. The summed E-state index contributed by atoms with van der Waals surface area (Å²) in [4.78, 5) is 33.4. The van der Waals surface area contributed by atoms with Crippen molar-refractivity contribution in [3.8, 4) is 17.0 Å². The summed E-state index contributed by atoms with van der Waals surface area (Å²) < 4.78 is 5.15. The van der Waals surface area contributed by atoms with E-state index in [2.05, 4.69) is 16.9 Å². The number of nitrogens with zero attached hydrogens (tertiary/aromatic N) is 2. The van der Waals surface area contributed by atoms with Crippen LogP contribution >= 0.6 is 0 Å². The van der Waals surface area contributed by atoms with Gasteiger partial charge in [-0.05, 0) is 56.0 Å². The molecule has 6 heteroatoms. The van der Waals surface area contributed by atoms with Gasteiger partial charge in [0.2, 0.25) is 0 Å². The number of ether oxygens (including phenoxy) is 1. The number of hydrogen-bond donors (Lipinski definition) is 1. The molecule has 1 aliphatic heterocycles. The van der Waals surface area contributed by atoms with Gasteiger partial charge in [-0.25, -0.2) is 4.79 Å². The maximum absolute atomic E-state index is 12.9. The largest absolute Gasteiger partial charge is 0.497 e. The van der Waals surface area contributed by atoms with Crippen LogP contribution in [-0.4, -0.2) is 40.5 Å². The molecule has 1 unspecified atom stereocenters. The van der Waals surface area contributed by atoms with Gasteiger partial charge in [-0.3, -0.25) is 4.79 Å². The lowest BCUT2D eigenvalue weighted by molar-refractivity contribution is 0.0601. The first kappa shape index (κ1) is 17.2. The molecule has 0 bridgehead atoms. The van der Waals surface area contributed by atoms with Crippen LogP contribution in [0.15, 0.2) is 35.1 Å². The Kier molecular flexibility index (Phi) is 5.16. The highest BCUT2D eigenvalue weighted by Gasteiger charge is 2.27. The molecule has 2 aromatic rings. The molecule has 25 heavy (non-hydrogen) atoms. The van der Waals surface area contributed by atoms with E-state index in [1.807, 2.05) is 17.0 Å². The molecule has 0 radical (unpaired) electrons. The molecule has 1 N–H and O–H groups in total. The number of likely N-dealkylation sites (tertiary alicyclic amines) is 1. The van der Waals surface area contributed by atoms with E-state index in [9.17, 15) is 9.59 Å². The van der Waals surface area contributed by atoms with Gasteiger partial charge in [0.1, 0.15) is 11.4 Å². The standard InChI is InChI=1S/C19H23N3O3/c1-3-14-6-4-5-11-22(14)18(23)17-12-16(20-19(24)21-17)13-7-9-15(25-2)10-8-13/h7-10,12,14H,3-6,11H2,1-2H3,(H,20,21,24). The molecule has 1 aliphatic rings. The average Bonchev–Trinajstić information content (AvgIpc) is 2.67. The minimum atomic E-state index is -0.512. The van der Waals surface area contributed by atoms with Gasteiger partial charge < -0.3 is 14.6 Å². The van der Waals surface area contributed by atoms with Crippen LogP contribution in [0.3, 0.4) is 0 Å². The molecule has 1 fully saturated rings. The number of nitrogens with one attached hydrogen (secondary N) is 1. The number of rotatable bonds is 4. The summed E-state index contributed by atoms with van der Waals surface area (Å²) >= 11 is 0. The summed E-state index contributed by atoms with van der Waals surface area (Å²) in [6.07, 6.45) is 4.09. The number of carbonyl (C=O) groups is 1. The van der Waals surface area contributed by atoms with Crippen molar-refractivity contribution in [3.05, 3.63) is 46.5 Å². The van der Waals surface area contributed by atoms with E-state index in [-0.39, 0.29) is 11.9 Å². The molecule has 1 aromatic heterocycles. The van der Waals surface area contributed by atoms with E-state index >= 15 is 0 Å². The second-order valence-electron chi connectivity index (χ2n) is 6.27. The lowest BCUT2D eigenvalue weighted by Crippen LogP contribution is -2.44. The molecule has 132 valence electrons. The first-order valence-corrected chi connectivity index (χ1v) is 8.69. The Bertz CT molecular complexity index is 798. The molecule has 0 aliphatic carbocycles. The number of piperidine rings is 1. The number of carbonyl (C=O) groups excluding carboxylic acids is 1. The van der Waals surface area contributed by atoms with Crippen LogP contribution < -0.4 is 10.4 Å². The SMILES string of the molecule is CCC1CCCCN1C(=O)c1cc(-c2ccc(OC)cc2)nc(=O)[nH]1. The van der Waals surface area contributed by atoms with Gasteiger partial charge in [0.15, 0.2) is 0 Å². The molecule has 2 heterocycles. The number of hydrogen-bond acceptors (Lipinski definition) is 4. The number of aromatic nitrogens is 2. The smallest absolute Gasteiger partial charge is 0.346 e. The van der Waals surface area contributed by atoms with Crippen molar-refractivity contribution in [2.24, 2.45) is 0 Å². The Morgan fingerprint density at radius 3 is 2.76 bits per heavy atom. The minimum absolute atomic E-state index is 0.124. The van der Waals surface area contributed by atoms with Crippen LogP contribution in [0.2, 0.25) is 0 Å². The number of benzene rings is 1. The first-order chi connectivity index (χ1) is 12.1. The predicted octanol–water partition coefficient (Wildman–Crippen LogP) is 2.85. The van der Waals surface area contributed by atoms with E-state index in [4.69, 9.17) is 4.74 Å². The van der Waals surface area contributed by atoms with Gasteiger partial charge in [0.25, 0.3) is 5.91 Å². The Balaban J connectivity index is 1.92. The Morgan fingerprint density at radius 2 is 2.08 bits per heavy atom. The van der Waals surface area contributed by atoms with E-state index < -0.39 is 5.69 Å². The van der Waals surface area contributed by atoms with Crippen LogP contribution in [0.25, 0.3) is 11.3 Å². The van der Waals surface area contributed by atoms with Crippen LogP contribution in [0.4, 0.5) is 0 Å². The van der Waals surface area contributed by atoms with Crippen molar-refractivity contribution in [3.63, 3.8) is 0 Å². The molecule has 1 atom stereocenters. The van der Waals surface area contributed by atoms with Gasteiger partial charge in [0, 0.05) is 18.2 Å². The van der Waals surface area contributed by atoms with E-state index in [0.29, 0.717) is 11.4 Å². The fourth-order valence-corrected chi connectivity index (χ4v) is 3.33. The Labute approximate surface area is 146 Å². The summed E-state index contributed by atoms with van der Waals surface area (Å²) in [5, 5.41) is 0. The van der Waals surface area contributed by atoms with Gasteiger partial charge in [-0.1, -0.05) is 6.92 Å². The summed E-state index contributed by atoms with van der Waals surface area (Å²) in [5.74, 6) is 0.602. The minimum Gasteiger partial charge on any atom is -0.497 e. The number of methoxy groups -OCH3 is 1. The van der Waals surface area contributed by atoms with Gasteiger partial charge in [-0.15, -0.1) is 0 Å². The molecule has 0 saturated carbocycles. The zero-order valence-electron chi connectivity index (χ0n) is 14.6. The third-order valence-electron chi connectivity index (χ3n) is 4.72. The summed E-state index contributed by atoms with van der Waals surface area (Å²) in [6.45, 7) is 2.83. The van der Waals surface area contributed by atoms with Crippen LogP contribution in [-0.2, 0) is 0 Å². The van der Waals surface area contributed by atoms with Crippen molar-refractivity contribution < 1.29 is 9.53 Å². The van der Waals surface area contributed by atoms with Crippen molar-refractivity contribution >= 4 is 5.91 Å². The molecular formula is C19H23N3O3. The van der Waals surface area contributed by atoms with Gasteiger partial charge in [0.05, 0.1) is 12.8 Å². The van der Waals surface area contributed by atoms with Gasteiger partial charge >= 0.3 is 5.69 Å². The second kappa shape index (κ2) is 7.51. The molecule has 3 rings (SSSR count). The third kappa shape index (κ3) is 3.73. The molecule has 1 saturated heterocycles. The lowest BCUT2D eigenvalue weighted by atomic mass is 9.99. The number of amides is 1. The summed E-state index contributed by atoms with van der Waals surface area (Å²) in [5.41, 5.74) is 1.04. The molecule has 0 spiro atoms. The highest BCUT2D eigenvalue weighted by atomic mass is 16.5. The van der Waals surface area contributed by atoms with E-state index in [0.717, 1.165) is 43.5 Å². The second-order valence-corrected chi connectivity index (χ2v) is 6.27. The van der Waals surface area contributed by atoms with Crippen molar-refractivity contribution in [2.45, 2.75) is 38.6 Å². The maximum Gasteiger partial charge on any atom is 0.346 e. The van der Waals surface area contributed by atoms with E-state index in [1.165, 1.54) is 0 Å². The molecule has 1 aromatic carbocycles.